The summed E-state index contributed by atoms with van der Waals surface area (Å²) in [5, 5.41) is 0. The van der Waals surface area contributed by atoms with Gasteiger partial charge in [-0.1, -0.05) is 61.4 Å². The van der Waals surface area contributed by atoms with Gasteiger partial charge in [0.05, 0.1) is 6.61 Å². The van der Waals surface area contributed by atoms with Gasteiger partial charge in [0.25, 0.3) is 0 Å². The molecule has 0 bridgehead atoms. The van der Waals surface area contributed by atoms with E-state index in [0.29, 0.717) is 6.61 Å². The third-order valence-electron chi connectivity index (χ3n) is 2.47. The van der Waals surface area contributed by atoms with E-state index in [0.717, 1.165) is 6.42 Å². The van der Waals surface area contributed by atoms with Crippen LogP contribution in [0.2, 0.25) is 0 Å². The number of hydrogen-bond donors (Lipinski definition) is 0. The van der Waals surface area contributed by atoms with Gasteiger partial charge in [0.2, 0.25) is 0 Å². The number of hydrogen-bond acceptors (Lipinski definition) is 2. The fourth-order valence-corrected chi connectivity index (χ4v) is 1.51. The van der Waals surface area contributed by atoms with Crippen LogP contribution in [-0.2, 0) is 9.53 Å². The van der Waals surface area contributed by atoms with Crippen molar-refractivity contribution < 1.29 is 9.53 Å². The van der Waals surface area contributed by atoms with Gasteiger partial charge in [0.15, 0.2) is 0 Å². The zero-order chi connectivity index (χ0) is 14.4. The van der Waals surface area contributed by atoms with Crippen molar-refractivity contribution in [3.63, 3.8) is 0 Å². The molecule has 0 rings (SSSR count). The summed E-state index contributed by atoms with van der Waals surface area (Å²) in [6.45, 7) is 6.39. The molecule has 0 heterocycles. The van der Waals surface area contributed by atoms with E-state index in [9.17, 15) is 4.79 Å². The monoisotopic (exact) mass is 454 g/mol. The molecular formula is C13H27BrO2Se2. The van der Waals surface area contributed by atoms with Crippen LogP contribution in [0.15, 0.2) is 0 Å². The Bertz CT molecular complexity index is 194. The molecule has 0 aromatic rings. The first kappa shape index (κ1) is 21.3. The number of unbranched alkanes of at least 4 members (excludes halogenated alkanes) is 6. The van der Waals surface area contributed by atoms with Gasteiger partial charge < -0.3 is 4.74 Å². The molecule has 0 aromatic heterocycles. The maximum atomic E-state index is 11.4. The van der Waals surface area contributed by atoms with E-state index in [1.54, 1.807) is 13.8 Å². The molecular weight excluding hydrogens is 426 g/mol. The predicted octanol–water partition coefficient (Wildman–Crippen LogP) is 3.16. The van der Waals surface area contributed by atoms with Crippen molar-refractivity contribution in [1.82, 2.24) is 0 Å². The molecule has 0 aliphatic heterocycles. The molecule has 0 aliphatic carbocycles. The summed E-state index contributed by atoms with van der Waals surface area (Å²) in [6, 6.07) is 0. The zero-order valence-electron chi connectivity index (χ0n) is 11.7. The maximum absolute atomic E-state index is 11.4. The Morgan fingerprint density at radius 2 is 1.50 bits per heavy atom. The van der Waals surface area contributed by atoms with E-state index >= 15 is 0 Å². The summed E-state index contributed by atoms with van der Waals surface area (Å²) in [5.41, 5.74) is 0. The minimum absolute atomic E-state index is 0.168. The van der Waals surface area contributed by atoms with Gasteiger partial charge in [-0.2, -0.15) is 0 Å². The summed E-state index contributed by atoms with van der Waals surface area (Å²) in [4.78, 5) is 11.4. The van der Waals surface area contributed by atoms with Gasteiger partial charge in [-0.3, -0.25) is 4.79 Å². The molecule has 0 fully saturated rings. The molecule has 2 nitrogen and oxygen atoms in total. The predicted molar refractivity (Wildman–Crippen MR) is 86.3 cm³/mol. The summed E-state index contributed by atoms with van der Waals surface area (Å²) < 4.78 is 4.60. The van der Waals surface area contributed by atoms with Crippen molar-refractivity contribution in [2.24, 2.45) is 0 Å². The van der Waals surface area contributed by atoms with Crippen LogP contribution in [0.3, 0.4) is 0 Å². The van der Waals surface area contributed by atoms with Crippen LogP contribution in [0.4, 0.5) is 0 Å². The quantitative estimate of drug-likeness (QED) is 0.232. The third-order valence-corrected chi connectivity index (χ3v) is 2.79. The van der Waals surface area contributed by atoms with Crippen molar-refractivity contribution in [3.05, 3.63) is 0 Å². The number of rotatable bonds is 9. The SMILES string of the molecule is CCCCCCCCCOC(=O)C(C)(C)Br.[SeH][SeH]. The number of halogens is 1. The average Bonchev–Trinajstić information content (AvgIpc) is 2.33. The van der Waals surface area contributed by atoms with Gasteiger partial charge in [0, 0.05) is 0 Å². The van der Waals surface area contributed by atoms with Crippen LogP contribution in [-0.4, -0.2) is 45.3 Å². The second-order valence-electron chi connectivity index (χ2n) is 4.73. The molecule has 0 aliphatic rings. The van der Waals surface area contributed by atoms with E-state index in [1.165, 1.54) is 38.5 Å². The molecule has 0 N–H and O–H groups in total. The van der Waals surface area contributed by atoms with Crippen LogP contribution in [0.5, 0.6) is 0 Å². The van der Waals surface area contributed by atoms with E-state index in [2.05, 4.69) is 51.2 Å². The summed E-state index contributed by atoms with van der Waals surface area (Å²) in [6.07, 6.45) is 8.69. The van der Waals surface area contributed by atoms with Crippen molar-refractivity contribution in [1.29, 1.82) is 0 Å². The molecule has 0 amide bonds. The van der Waals surface area contributed by atoms with Crippen molar-refractivity contribution in [2.45, 2.75) is 70.0 Å². The van der Waals surface area contributed by atoms with Gasteiger partial charge in [-0.25, -0.2) is 0 Å². The van der Waals surface area contributed by atoms with E-state index < -0.39 is 4.32 Å². The Morgan fingerprint density at radius 3 is 1.94 bits per heavy atom. The van der Waals surface area contributed by atoms with Gasteiger partial charge in [-0.15, -0.1) is 0 Å². The van der Waals surface area contributed by atoms with Crippen molar-refractivity contribution in [3.8, 4) is 0 Å². The number of esters is 1. The van der Waals surface area contributed by atoms with E-state index in [1.807, 2.05) is 0 Å². The Balaban J connectivity index is 0. The number of carbonyl (C=O) groups is 1. The molecule has 0 radical (unpaired) electrons. The number of alkyl halides is 1. The molecule has 110 valence electrons. The van der Waals surface area contributed by atoms with Crippen LogP contribution in [0.25, 0.3) is 0 Å². The Morgan fingerprint density at radius 1 is 1.06 bits per heavy atom. The zero-order valence-corrected chi connectivity index (χ0v) is 17.1. The fraction of sp³-hybridized carbons (Fsp3) is 0.923. The molecule has 0 spiro atoms. The summed E-state index contributed by atoms with van der Waals surface area (Å²) in [5.74, 6) is -0.168. The Kier molecular flexibility index (Phi) is 17.0. The molecule has 0 saturated carbocycles. The summed E-state index contributed by atoms with van der Waals surface area (Å²) >= 11 is 7.78. The topological polar surface area (TPSA) is 26.3 Å². The van der Waals surface area contributed by atoms with Crippen LogP contribution < -0.4 is 0 Å². The van der Waals surface area contributed by atoms with E-state index in [-0.39, 0.29) is 5.97 Å². The second kappa shape index (κ2) is 14.4. The first-order valence-electron chi connectivity index (χ1n) is 6.54. The minimum atomic E-state index is -0.547. The van der Waals surface area contributed by atoms with Crippen molar-refractivity contribution >= 4 is 50.3 Å². The average molecular weight is 453 g/mol. The number of ether oxygens (including phenoxy) is 1. The standard InChI is InChI=1S/C13H25BrO2.H2Se2/c1-4-5-6-7-8-9-10-11-16-12(15)13(2,3)14;1-2/h4-11H2,1-3H3;1-2H. The first-order chi connectivity index (χ1) is 8.48. The molecule has 5 heteroatoms. The van der Waals surface area contributed by atoms with Crippen molar-refractivity contribution in [2.75, 3.05) is 6.61 Å². The Hall–Kier alpha value is 0.989. The Labute approximate surface area is 136 Å². The van der Waals surface area contributed by atoms with Gasteiger partial charge >= 0.3 is 34.3 Å². The van der Waals surface area contributed by atoms with Crippen LogP contribution in [0.1, 0.15) is 65.7 Å². The molecule has 0 aromatic carbocycles. The second-order valence-corrected chi connectivity index (χ2v) is 6.71. The first-order valence-corrected chi connectivity index (χ1v) is 12.5. The molecule has 0 saturated heterocycles. The van der Waals surface area contributed by atoms with E-state index in [4.69, 9.17) is 4.74 Å². The number of carbonyl (C=O) groups excluding carboxylic acids is 1. The molecule has 0 atom stereocenters. The fourth-order valence-electron chi connectivity index (χ4n) is 1.40. The summed E-state index contributed by atoms with van der Waals surface area (Å²) in [7, 11) is 0. The normalized spacial score (nSPS) is 10.6. The molecule has 0 unspecified atom stereocenters. The van der Waals surface area contributed by atoms with Crippen LogP contribution in [0, 0.1) is 0 Å². The van der Waals surface area contributed by atoms with Gasteiger partial charge in [0.1, 0.15) is 4.32 Å². The van der Waals surface area contributed by atoms with Crippen LogP contribution >= 0.6 is 15.9 Å². The molecule has 18 heavy (non-hydrogen) atoms. The van der Waals surface area contributed by atoms with Gasteiger partial charge in [-0.05, 0) is 20.3 Å². The third kappa shape index (κ3) is 15.0.